The Morgan fingerprint density at radius 3 is 2.38 bits per heavy atom. The quantitative estimate of drug-likeness (QED) is 0.424. The van der Waals surface area contributed by atoms with Gasteiger partial charge in [-0.3, -0.25) is 4.79 Å². The molecule has 1 heterocycles. The average molecular weight is 483 g/mol. The van der Waals surface area contributed by atoms with Crippen molar-refractivity contribution in [2.24, 2.45) is 0 Å². The maximum atomic E-state index is 12.9. The Hall–Kier alpha value is -3.10. The molecular weight excluding hydrogens is 448 g/mol. The highest BCUT2D eigenvalue weighted by molar-refractivity contribution is 7.80. The minimum absolute atomic E-state index is 0.0525. The van der Waals surface area contributed by atoms with E-state index in [4.69, 9.17) is 21.7 Å². The number of H-pyrrole nitrogens is 1. The Labute approximate surface area is 206 Å². The third-order valence-electron chi connectivity index (χ3n) is 5.75. The number of aromatic amines is 1. The van der Waals surface area contributed by atoms with Crippen LogP contribution in [0, 0.1) is 0 Å². The molecule has 0 aliphatic carbocycles. The monoisotopic (exact) mass is 482 g/mol. The van der Waals surface area contributed by atoms with Crippen LogP contribution in [-0.2, 0) is 6.54 Å². The van der Waals surface area contributed by atoms with Crippen molar-refractivity contribution in [2.75, 3.05) is 41.4 Å². The zero-order valence-corrected chi connectivity index (χ0v) is 21.4. The molecule has 0 spiro atoms. The van der Waals surface area contributed by atoms with E-state index < -0.39 is 0 Å². The second kappa shape index (κ2) is 11.9. The highest BCUT2D eigenvalue weighted by Crippen LogP contribution is 2.31. The second-order valence-corrected chi connectivity index (χ2v) is 8.97. The van der Waals surface area contributed by atoms with Gasteiger partial charge in [-0.05, 0) is 63.9 Å². The summed E-state index contributed by atoms with van der Waals surface area (Å²) in [4.78, 5) is 20.1. The van der Waals surface area contributed by atoms with Gasteiger partial charge in [0.25, 0.3) is 5.56 Å². The number of thiocarbonyl (C=S) groups is 1. The maximum Gasteiger partial charge on any atom is 0.253 e. The second-order valence-electron chi connectivity index (χ2n) is 8.58. The molecule has 182 valence electrons. The summed E-state index contributed by atoms with van der Waals surface area (Å²) in [6, 6.07) is 15.8. The molecule has 1 aromatic heterocycles. The molecule has 2 N–H and O–H groups in total. The molecule has 0 amide bonds. The zero-order chi connectivity index (χ0) is 24.7. The Kier molecular flexibility index (Phi) is 8.90. The van der Waals surface area contributed by atoms with E-state index >= 15 is 0 Å². The lowest BCUT2D eigenvalue weighted by Crippen LogP contribution is -2.42. The standard InChI is InChI=1S/C26H34N4O3S/c1-18(19-10-7-6-8-11-19)27-26(34)30(13-9-12-29(2)3)17-21-14-20-15-23(32-4)24(33-5)16-22(20)28-25(21)31/h6-8,10-11,14-16,18H,9,12-13,17H2,1-5H3,(H,27,34)(H,28,31). The van der Waals surface area contributed by atoms with Crippen molar-refractivity contribution in [3.8, 4) is 11.5 Å². The summed E-state index contributed by atoms with van der Waals surface area (Å²) in [5, 5.41) is 4.94. The van der Waals surface area contributed by atoms with Gasteiger partial charge in [0.2, 0.25) is 0 Å². The predicted octanol–water partition coefficient (Wildman–Crippen LogP) is 3.93. The van der Waals surface area contributed by atoms with Gasteiger partial charge in [0.1, 0.15) is 0 Å². The molecule has 0 saturated carbocycles. The first-order valence-electron chi connectivity index (χ1n) is 11.4. The molecule has 7 nitrogen and oxygen atoms in total. The number of nitrogens with zero attached hydrogens (tertiary/aromatic N) is 2. The topological polar surface area (TPSA) is 69.8 Å². The fourth-order valence-electron chi connectivity index (χ4n) is 3.83. The largest absolute Gasteiger partial charge is 0.493 e. The van der Waals surface area contributed by atoms with Crippen molar-refractivity contribution in [1.29, 1.82) is 0 Å². The van der Waals surface area contributed by atoms with Crippen LogP contribution in [0.1, 0.15) is 30.5 Å². The molecule has 3 aromatic rings. The Balaban J connectivity index is 1.86. The number of hydrogen-bond acceptors (Lipinski definition) is 5. The molecule has 0 fully saturated rings. The maximum absolute atomic E-state index is 12.9. The van der Waals surface area contributed by atoms with Gasteiger partial charge in [0.05, 0.1) is 32.3 Å². The molecule has 0 bridgehead atoms. The van der Waals surface area contributed by atoms with Gasteiger partial charge in [-0.25, -0.2) is 0 Å². The minimum Gasteiger partial charge on any atom is -0.493 e. The number of methoxy groups -OCH3 is 2. The number of benzene rings is 2. The third kappa shape index (κ3) is 6.48. The molecule has 34 heavy (non-hydrogen) atoms. The van der Waals surface area contributed by atoms with Gasteiger partial charge in [0, 0.05) is 23.6 Å². The van der Waals surface area contributed by atoms with Crippen LogP contribution in [0.4, 0.5) is 0 Å². The molecule has 0 saturated heterocycles. The predicted molar refractivity (Wildman–Crippen MR) is 142 cm³/mol. The van der Waals surface area contributed by atoms with E-state index in [-0.39, 0.29) is 11.6 Å². The van der Waals surface area contributed by atoms with Crippen molar-refractivity contribution in [3.05, 3.63) is 70.0 Å². The lowest BCUT2D eigenvalue weighted by molar-refractivity contribution is 0.339. The lowest BCUT2D eigenvalue weighted by atomic mass is 10.1. The molecule has 1 atom stereocenters. The number of rotatable bonds is 10. The van der Waals surface area contributed by atoms with E-state index in [1.165, 1.54) is 0 Å². The fourth-order valence-corrected chi connectivity index (χ4v) is 4.17. The first-order valence-corrected chi connectivity index (χ1v) is 11.8. The van der Waals surface area contributed by atoms with E-state index in [0.717, 1.165) is 30.5 Å². The van der Waals surface area contributed by atoms with Gasteiger partial charge in [-0.1, -0.05) is 30.3 Å². The zero-order valence-electron chi connectivity index (χ0n) is 20.6. The Bertz CT molecular complexity index is 1160. The van der Waals surface area contributed by atoms with Crippen molar-refractivity contribution < 1.29 is 9.47 Å². The Morgan fingerprint density at radius 1 is 1.06 bits per heavy atom. The van der Waals surface area contributed by atoms with Crippen molar-refractivity contribution in [3.63, 3.8) is 0 Å². The smallest absolute Gasteiger partial charge is 0.253 e. The van der Waals surface area contributed by atoms with Crippen molar-refractivity contribution >= 4 is 28.2 Å². The summed E-state index contributed by atoms with van der Waals surface area (Å²) in [6.07, 6.45) is 0.922. The summed E-state index contributed by atoms with van der Waals surface area (Å²) in [5.41, 5.74) is 2.35. The normalized spacial score (nSPS) is 11.9. The van der Waals surface area contributed by atoms with Crippen LogP contribution in [-0.4, -0.2) is 61.3 Å². The first-order chi connectivity index (χ1) is 16.3. The van der Waals surface area contributed by atoms with Crippen LogP contribution in [0.2, 0.25) is 0 Å². The van der Waals surface area contributed by atoms with E-state index in [1.54, 1.807) is 20.3 Å². The van der Waals surface area contributed by atoms with E-state index in [9.17, 15) is 4.79 Å². The molecular formula is C26H34N4O3S. The number of fused-ring (bicyclic) bond motifs is 1. The van der Waals surface area contributed by atoms with Crippen LogP contribution in [0.25, 0.3) is 10.9 Å². The molecule has 1 unspecified atom stereocenters. The number of nitrogens with one attached hydrogen (secondary N) is 2. The van der Waals surface area contributed by atoms with Gasteiger partial charge in [-0.15, -0.1) is 0 Å². The SMILES string of the molecule is COc1cc2cc(CN(CCCN(C)C)C(=S)NC(C)c3ccccc3)c(=O)[nH]c2cc1OC. The van der Waals surface area contributed by atoms with Crippen molar-refractivity contribution in [1.82, 2.24) is 20.1 Å². The molecule has 2 aromatic carbocycles. The minimum atomic E-state index is -0.142. The lowest BCUT2D eigenvalue weighted by Gasteiger charge is -2.28. The highest BCUT2D eigenvalue weighted by atomic mass is 32.1. The number of pyridine rings is 1. The summed E-state index contributed by atoms with van der Waals surface area (Å²) in [5.74, 6) is 1.19. The van der Waals surface area contributed by atoms with Crippen LogP contribution in [0.5, 0.6) is 11.5 Å². The van der Waals surface area contributed by atoms with Gasteiger partial charge < -0.3 is 29.6 Å². The first kappa shape index (κ1) is 25.5. The van der Waals surface area contributed by atoms with Crippen LogP contribution < -0.4 is 20.3 Å². The summed E-state index contributed by atoms with van der Waals surface area (Å²) in [7, 11) is 7.27. The van der Waals surface area contributed by atoms with Crippen LogP contribution in [0.15, 0.2) is 53.3 Å². The number of ether oxygens (including phenoxy) is 2. The molecule has 8 heteroatoms. The molecule has 3 rings (SSSR count). The van der Waals surface area contributed by atoms with Gasteiger partial charge in [0.15, 0.2) is 16.6 Å². The van der Waals surface area contributed by atoms with E-state index in [0.29, 0.717) is 34.2 Å². The summed E-state index contributed by atoms with van der Waals surface area (Å²) in [6.45, 7) is 4.15. The number of hydrogen-bond donors (Lipinski definition) is 2. The van der Waals surface area contributed by atoms with Gasteiger partial charge >= 0.3 is 0 Å². The van der Waals surface area contributed by atoms with E-state index in [1.807, 2.05) is 44.4 Å². The fraction of sp³-hybridized carbons (Fsp3) is 0.385. The Morgan fingerprint density at radius 2 is 1.74 bits per heavy atom. The number of aromatic nitrogens is 1. The highest BCUT2D eigenvalue weighted by Gasteiger charge is 2.17. The third-order valence-corrected chi connectivity index (χ3v) is 6.12. The van der Waals surface area contributed by atoms with E-state index in [2.05, 4.69) is 39.2 Å². The summed E-state index contributed by atoms with van der Waals surface area (Å²) >= 11 is 5.79. The molecule has 0 aliphatic heterocycles. The van der Waals surface area contributed by atoms with Crippen LogP contribution in [0.3, 0.4) is 0 Å². The molecule has 0 radical (unpaired) electrons. The van der Waals surface area contributed by atoms with Crippen molar-refractivity contribution in [2.45, 2.75) is 25.9 Å². The van der Waals surface area contributed by atoms with Gasteiger partial charge in [-0.2, -0.15) is 0 Å². The summed E-state index contributed by atoms with van der Waals surface area (Å²) < 4.78 is 10.8. The average Bonchev–Trinajstić information content (AvgIpc) is 2.83. The van der Waals surface area contributed by atoms with Crippen LogP contribution >= 0.6 is 12.2 Å². The molecule has 0 aliphatic rings.